The number of unbranched alkanes of at least 4 members (excludes halogenated alkanes) is 1. The number of nitrogens with one attached hydrogen (secondary N) is 1. The van der Waals surface area contributed by atoms with Crippen LogP contribution in [0.2, 0.25) is 0 Å². The zero-order valence-electron chi connectivity index (χ0n) is 14.7. The largest absolute Gasteiger partial charge is 0.385 e. The lowest BCUT2D eigenvalue weighted by Crippen LogP contribution is -2.40. The number of aromatic nitrogens is 2. The van der Waals surface area contributed by atoms with E-state index in [2.05, 4.69) is 11.1 Å². The number of H-pyrrole nitrogens is 1. The van der Waals surface area contributed by atoms with Crippen molar-refractivity contribution in [3.63, 3.8) is 0 Å². The molecule has 134 valence electrons. The van der Waals surface area contributed by atoms with Crippen LogP contribution in [0, 0.1) is 17.2 Å². The van der Waals surface area contributed by atoms with Crippen LogP contribution >= 0.6 is 0 Å². The van der Waals surface area contributed by atoms with E-state index in [1.165, 1.54) is 4.57 Å². The van der Waals surface area contributed by atoms with Gasteiger partial charge in [-0.15, -0.1) is 0 Å². The molecule has 0 spiro atoms. The molecule has 0 radical (unpaired) electrons. The third kappa shape index (κ3) is 5.42. The Bertz CT molecular complexity index is 672. The van der Waals surface area contributed by atoms with Gasteiger partial charge in [-0.3, -0.25) is 14.3 Å². The third-order valence-corrected chi connectivity index (χ3v) is 3.57. The van der Waals surface area contributed by atoms with Crippen LogP contribution < -0.4 is 21.9 Å². The number of nitrogen functional groups attached to an aromatic ring is 1. The number of methoxy groups -OCH3 is 1. The van der Waals surface area contributed by atoms with Gasteiger partial charge in [0.2, 0.25) is 0 Å². The molecule has 1 heterocycles. The molecule has 1 aromatic rings. The molecule has 3 N–H and O–H groups in total. The second kappa shape index (κ2) is 9.78. The molecule has 0 saturated heterocycles. The fourth-order valence-electron chi connectivity index (χ4n) is 2.51. The molecule has 8 heteroatoms. The second-order valence-corrected chi connectivity index (χ2v) is 6.09. The van der Waals surface area contributed by atoms with E-state index >= 15 is 0 Å². The van der Waals surface area contributed by atoms with Crippen molar-refractivity contribution in [3.05, 3.63) is 20.8 Å². The van der Waals surface area contributed by atoms with Gasteiger partial charge in [-0.25, -0.2) is 4.79 Å². The number of nitrogens with two attached hydrogens (primary N) is 1. The van der Waals surface area contributed by atoms with Gasteiger partial charge < -0.3 is 15.4 Å². The van der Waals surface area contributed by atoms with Crippen molar-refractivity contribution < 1.29 is 4.74 Å². The fraction of sp³-hybridized carbons (Fsp3) is 0.688. The van der Waals surface area contributed by atoms with Gasteiger partial charge in [-0.1, -0.05) is 13.8 Å². The highest BCUT2D eigenvalue weighted by Crippen LogP contribution is 2.18. The summed E-state index contributed by atoms with van der Waals surface area (Å²) in [6, 6.07) is 2.09. The number of anilines is 2. The first-order valence-corrected chi connectivity index (χ1v) is 8.15. The molecule has 1 rings (SSSR count). The first-order chi connectivity index (χ1) is 11.4. The van der Waals surface area contributed by atoms with Crippen molar-refractivity contribution >= 4 is 11.5 Å². The summed E-state index contributed by atoms with van der Waals surface area (Å²) in [6.07, 6.45) is 1.72. The van der Waals surface area contributed by atoms with Crippen molar-refractivity contribution in [3.8, 4) is 6.07 Å². The Morgan fingerprint density at radius 3 is 2.58 bits per heavy atom. The molecule has 1 aromatic heterocycles. The highest BCUT2D eigenvalue weighted by molar-refractivity contribution is 5.62. The van der Waals surface area contributed by atoms with Gasteiger partial charge in [0.05, 0.1) is 6.07 Å². The van der Waals surface area contributed by atoms with Gasteiger partial charge in [0.15, 0.2) is 0 Å². The second-order valence-electron chi connectivity index (χ2n) is 6.09. The van der Waals surface area contributed by atoms with Crippen LogP contribution in [-0.2, 0) is 11.3 Å². The minimum absolute atomic E-state index is 0.173. The van der Waals surface area contributed by atoms with Gasteiger partial charge in [0, 0.05) is 39.8 Å². The van der Waals surface area contributed by atoms with E-state index in [1.54, 1.807) is 7.11 Å². The number of nitriles is 1. The molecule has 24 heavy (non-hydrogen) atoms. The molecule has 0 aliphatic heterocycles. The van der Waals surface area contributed by atoms with Crippen LogP contribution in [0.5, 0.6) is 0 Å². The molecule has 0 fully saturated rings. The Kier molecular flexibility index (Phi) is 8.06. The topological polar surface area (TPSA) is 117 Å². The van der Waals surface area contributed by atoms with Crippen LogP contribution in [0.1, 0.15) is 33.1 Å². The molecular formula is C16H27N5O3. The number of rotatable bonds is 10. The zero-order valence-corrected chi connectivity index (χ0v) is 14.7. The molecular weight excluding hydrogens is 310 g/mol. The number of nitrogens with zero attached hydrogens (tertiary/aromatic N) is 3. The smallest absolute Gasteiger partial charge is 0.330 e. The van der Waals surface area contributed by atoms with Crippen molar-refractivity contribution in [2.75, 3.05) is 37.4 Å². The van der Waals surface area contributed by atoms with Crippen molar-refractivity contribution in [2.45, 2.75) is 39.7 Å². The summed E-state index contributed by atoms with van der Waals surface area (Å²) < 4.78 is 6.46. The summed E-state index contributed by atoms with van der Waals surface area (Å²) in [6.45, 7) is 6.01. The maximum absolute atomic E-state index is 12.3. The lowest BCUT2D eigenvalue weighted by molar-refractivity contribution is 0.196. The minimum Gasteiger partial charge on any atom is -0.385 e. The summed E-state index contributed by atoms with van der Waals surface area (Å²) in [4.78, 5) is 28.5. The minimum atomic E-state index is -0.496. The molecule has 0 amide bonds. The molecule has 0 unspecified atom stereocenters. The summed E-state index contributed by atoms with van der Waals surface area (Å²) in [7, 11) is 1.62. The molecule has 8 nitrogen and oxygen atoms in total. The van der Waals surface area contributed by atoms with Crippen molar-refractivity contribution in [1.29, 1.82) is 5.26 Å². The first-order valence-electron chi connectivity index (χ1n) is 8.15. The van der Waals surface area contributed by atoms with Crippen LogP contribution in [0.25, 0.3) is 0 Å². The highest BCUT2D eigenvalue weighted by atomic mass is 16.5. The normalized spacial score (nSPS) is 10.8. The molecule has 0 aliphatic carbocycles. The SMILES string of the molecule is COCCCN(CCCC#N)c1c(N)n(CC(C)C)c(=O)[nH]c1=O. The average Bonchev–Trinajstić information content (AvgIpc) is 2.51. The van der Waals surface area contributed by atoms with Gasteiger partial charge in [-0.05, 0) is 18.8 Å². The van der Waals surface area contributed by atoms with E-state index in [-0.39, 0.29) is 11.7 Å². The van der Waals surface area contributed by atoms with E-state index in [1.807, 2.05) is 18.7 Å². The lowest BCUT2D eigenvalue weighted by Gasteiger charge is -2.26. The molecule has 0 atom stereocenters. The van der Waals surface area contributed by atoms with Crippen molar-refractivity contribution in [1.82, 2.24) is 9.55 Å². The zero-order chi connectivity index (χ0) is 18.1. The summed E-state index contributed by atoms with van der Waals surface area (Å²) in [5.74, 6) is 0.385. The van der Waals surface area contributed by atoms with E-state index in [4.69, 9.17) is 15.7 Å². The predicted octanol–water partition coefficient (Wildman–Crippen LogP) is 0.921. The van der Waals surface area contributed by atoms with Gasteiger partial charge in [0.25, 0.3) is 5.56 Å². The maximum atomic E-state index is 12.3. The van der Waals surface area contributed by atoms with E-state index in [0.717, 1.165) is 0 Å². The summed E-state index contributed by atoms with van der Waals surface area (Å²) in [5.41, 5.74) is 5.45. The average molecular weight is 337 g/mol. The lowest BCUT2D eigenvalue weighted by atomic mass is 10.2. The van der Waals surface area contributed by atoms with E-state index in [0.29, 0.717) is 51.2 Å². The fourth-order valence-corrected chi connectivity index (χ4v) is 2.51. The quantitative estimate of drug-likeness (QED) is 0.613. The van der Waals surface area contributed by atoms with Crippen LogP contribution in [0.15, 0.2) is 9.59 Å². The molecule has 0 aromatic carbocycles. The maximum Gasteiger partial charge on any atom is 0.330 e. The Morgan fingerprint density at radius 1 is 1.33 bits per heavy atom. The number of ether oxygens (including phenoxy) is 1. The van der Waals surface area contributed by atoms with Gasteiger partial charge in [-0.2, -0.15) is 5.26 Å². The first kappa shape index (κ1) is 19.8. The molecule has 0 saturated carbocycles. The number of hydrogen-bond donors (Lipinski definition) is 2. The van der Waals surface area contributed by atoms with Gasteiger partial charge in [0.1, 0.15) is 11.5 Å². The Morgan fingerprint density at radius 2 is 2.00 bits per heavy atom. The Balaban J connectivity index is 3.21. The van der Waals surface area contributed by atoms with E-state index < -0.39 is 11.2 Å². The number of hydrogen-bond acceptors (Lipinski definition) is 6. The Labute approximate surface area is 141 Å². The monoisotopic (exact) mass is 337 g/mol. The van der Waals surface area contributed by atoms with Crippen molar-refractivity contribution in [2.24, 2.45) is 5.92 Å². The standard InChI is InChI=1S/C16H27N5O3/c1-12(2)11-21-14(18)13(15(22)19-16(21)23)20(8-5-4-7-17)9-6-10-24-3/h12H,4-6,8-11,18H2,1-3H3,(H,19,22,23). The van der Waals surface area contributed by atoms with Crippen LogP contribution in [-0.4, -0.2) is 36.4 Å². The Hall–Kier alpha value is -2.27. The predicted molar refractivity (Wildman–Crippen MR) is 94.1 cm³/mol. The van der Waals surface area contributed by atoms with E-state index in [9.17, 15) is 9.59 Å². The summed E-state index contributed by atoms with van der Waals surface area (Å²) >= 11 is 0. The molecule has 0 bridgehead atoms. The molecule has 0 aliphatic rings. The van der Waals surface area contributed by atoms with Crippen LogP contribution in [0.3, 0.4) is 0 Å². The number of aromatic amines is 1. The van der Waals surface area contributed by atoms with Gasteiger partial charge >= 0.3 is 5.69 Å². The summed E-state index contributed by atoms with van der Waals surface area (Å²) in [5, 5.41) is 8.73. The third-order valence-electron chi connectivity index (χ3n) is 3.57. The highest BCUT2D eigenvalue weighted by Gasteiger charge is 2.19. The van der Waals surface area contributed by atoms with Crippen LogP contribution in [0.4, 0.5) is 11.5 Å².